The molecule has 0 saturated carbocycles. The molecule has 1 amide bonds. The zero-order chi connectivity index (χ0) is 22.3. The summed E-state index contributed by atoms with van der Waals surface area (Å²) in [5.74, 6) is 2.44. The molecular formula is C25H24N4O2S. The minimum absolute atomic E-state index is 0.102. The lowest BCUT2D eigenvalue weighted by Gasteiger charge is -2.09. The van der Waals surface area contributed by atoms with Crippen LogP contribution >= 0.6 is 11.8 Å². The maximum Gasteiger partial charge on any atom is 0.234 e. The summed E-state index contributed by atoms with van der Waals surface area (Å²) in [6.07, 6.45) is 0. The highest BCUT2D eigenvalue weighted by molar-refractivity contribution is 7.99. The van der Waals surface area contributed by atoms with E-state index < -0.39 is 0 Å². The van der Waals surface area contributed by atoms with Crippen LogP contribution in [0, 0.1) is 6.92 Å². The molecule has 0 aliphatic heterocycles. The Hall–Kier alpha value is -3.58. The van der Waals surface area contributed by atoms with E-state index in [0.29, 0.717) is 11.4 Å². The first-order valence-electron chi connectivity index (χ1n) is 10.4. The van der Waals surface area contributed by atoms with Crippen molar-refractivity contribution in [3.8, 4) is 22.9 Å². The lowest BCUT2D eigenvalue weighted by atomic mass is 10.1. The Morgan fingerprint density at radius 1 is 0.969 bits per heavy atom. The third kappa shape index (κ3) is 5.36. The number of hydrogen-bond acceptors (Lipinski definition) is 5. The first-order chi connectivity index (χ1) is 15.6. The molecule has 6 nitrogen and oxygen atoms in total. The number of anilines is 1. The van der Waals surface area contributed by atoms with Crippen LogP contribution in [0.15, 0.2) is 84.0 Å². The molecule has 0 atom stereocenters. The van der Waals surface area contributed by atoms with Crippen LogP contribution in [-0.4, -0.2) is 26.4 Å². The van der Waals surface area contributed by atoms with Gasteiger partial charge in [-0.25, -0.2) is 0 Å². The molecule has 0 fully saturated rings. The summed E-state index contributed by atoms with van der Waals surface area (Å²) in [5, 5.41) is 12.3. The highest BCUT2D eigenvalue weighted by Crippen LogP contribution is 2.25. The second-order valence-electron chi connectivity index (χ2n) is 7.20. The standard InChI is InChI=1S/C25H24N4O2S/c1-3-29-24(19-9-7-8-18(2)16-19)27-28-25(29)32-17-23(30)26-20-12-14-22(15-13-20)31-21-10-5-4-6-11-21/h4-16H,3,17H2,1-2H3,(H,26,30). The van der Waals surface area contributed by atoms with E-state index in [1.54, 1.807) is 0 Å². The molecule has 0 aliphatic rings. The number of benzene rings is 3. The topological polar surface area (TPSA) is 69.0 Å². The van der Waals surface area contributed by atoms with E-state index in [9.17, 15) is 4.79 Å². The van der Waals surface area contributed by atoms with Crippen LogP contribution in [0.4, 0.5) is 5.69 Å². The number of carbonyl (C=O) groups excluding carboxylic acids is 1. The van der Waals surface area contributed by atoms with E-state index in [-0.39, 0.29) is 11.7 Å². The third-order valence-electron chi connectivity index (χ3n) is 4.76. The lowest BCUT2D eigenvalue weighted by Crippen LogP contribution is -2.14. The fourth-order valence-electron chi connectivity index (χ4n) is 3.24. The van der Waals surface area contributed by atoms with Crippen LogP contribution in [0.25, 0.3) is 11.4 Å². The zero-order valence-corrected chi connectivity index (χ0v) is 18.8. The van der Waals surface area contributed by atoms with Gasteiger partial charge in [-0.15, -0.1) is 10.2 Å². The summed E-state index contributed by atoms with van der Waals surface area (Å²) in [5.41, 5.74) is 2.91. The molecule has 0 aliphatic carbocycles. The van der Waals surface area contributed by atoms with Crippen molar-refractivity contribution in [1.82, 2.24) is 14.8 Å². The SMILES string of the molecule is CCn1c(SCC(=O)Nc2ccc(Oc3ccccc3)cc2)nnc1-c1cccc(C)c1. The Bertz CT molecular complexity index is 1190. The largest absolute Gasteiger partial charge is 0.457 e. The normalized spacial score (nSPS) is 10.7. The number of nitrogens with one attached hydrogen (secondary N) is 1. The fourth-order valence-corrected chi connectivity index (χ4v) is 4.04. The van der Waals surface area contributed by atoms with E-state index in [1.807, 2.05) is 78.2 Å². The second-order valence-corrected chi connectivity index (χ2v) is 8.14. The van der Waals surface area contributed by atoms with Gasteiger partial charge in [0.15, 0.2) is 11.0 Å². The molecule has 0 unspecified atom stereocenters. The monoisotopic (exact) mass is 444 g/mol. The van der Waals surface area contributed by atoms with Crippen LogP contribution < -0.4 is 10.1 Å². The number of para-hydroxylation sites is 1. The molecule has 0 bridgehead atoms. The molecule has 0 saturated heterocycles. The summed E-state index contributed by atoms with van der Waals surface area (Å²) < 4.78 is 7.81. The number of hydrogen-bond donors (Lipinski definition) is 1. The molecule has 1 heterocycles. The van der Waals surface area contributed by atoms with E-state index in [0.717, 1.165) is 28.8 Å². The number of amides is 1. The summed E-state index contributed by atoms with van der Waals surface area (Å²) in [7, 11) is 0. The number of nitrogens with zero attached hydrogens (tertiary/aromatic N) is 3. The first kappa shape index (κ1) is 21.6. The predicted molar refractivity (Wildman–Crippen MR) is 128 cm³/mol. The van der Waals surface area contributed by atoms with Crippen LogP contribution in [0.1, 0.15) is 12.5 Å². The molecule has 4 rings (SSSR count). The lowest BCUT2D eigenvalue weighted by molar-refractivity contribution is -0.113. The van der Waals surface area contributed by atoms with Crippen LogP contribution in [-0.2, 0) is 11.3 Å². The van der Waals surface area contributed by atoms with Gasteiger partial charge in [0, 0.05) is 17.8 Å². The number of aromatic nitrogens is 3. The number of rotatable bonds is 8. The average Bonchev–Trinajstić information content (AvgIpc) is 3.23. The van der Waals surface area contributed by atoms with Crippen molar-refractivity contribution < 1.29 is 9.53 Å². The van der Waals surface area contributed by atoms with Gasteiger partial charge in [-0.1, -0.05) is 53.7 Å². The number of carbonyl (C=O) groups is 1. The van der Waals surface area contributed by atoms with Crippen molar-refractivity contribution in [1.29, 1.82) is 0 Å². The van der Waals surface area contributed by atoms with E-state index >= 15 is 0 Å². The van der Waals surface area contributed by atoms with Gasteiger partial charge >= 0.3 is 0 Å². The maximum absolute atomic E-state index is 12.5. The smallest absolute Gasteiger partial charge is 0.234 e. The Morgan fingerprint density at radius 3 is 2.44 bits per heavy atom. The van der Waals surface area contributed by atoms with Gasteiger partial charge in [0.25, 0.3) is 0 Å². The molecular weight excluding hydrogens is 420 g/mol. The highest BCUT2D eigenvalue weighted by atomic mass is 32.2. The minimum atomic E-state index is -0.102. The highest BCUT2D eigenvalue weighted by Gasteiger charge is 2.15. The molecule has 1 aromatic heterocycles. The molecule has 1 N–H and O–H groups in total. The van der Waals surface area contributed by atoms with Crippen LogP contribution in [0.3, 0.4) is 0 Å². The van der Waals surface area contributed by atoms with Crippen LogP contribution in [0.5, 0.6) is 11.5 Å². The predicted octanol–water partition coefficient (Wildman–Crippen LogP) is 5.80. The van der Waals surface area contributed by atoms with E-state index in [2.05, 4.69) is 34.6 Å². The molecule has 3 aromatic carbocycles. The van der Waals surface area contributed by atoms with Gasteiger partial charge in [-0.05, 0) is 56.3 Å². The quantitative estimate of drug-likeness (QED) is 0.348. The Labute approximate surface area is 191 Å². The summed E-state index contributed by atoms with van der Waals surface area (Å²) >= 11 is 1.38. The molecule has 0 radical (unpaired) electrons. The Balaban J connectivity index is 1.35. The van der Waals surface area contributed by atoms with Crippen LogP contribution in [0.2, 0.25) is 0 Å². The first-order valence-corrected chi connectivity index (χ1v) is 11.4. The van der Waals surface area contributed by atoms with Crippen molar-refractivity contribution in [2.75, 3.05) is 11.1 Å². The van der Waals surface area contributed by atoms with E-state index in [1.165, 1.54) is 17.3 Å². The van der Waals surface area contributed by atoms with Gasteiger partial charge < -0.3 is 14.6 Å². The van der Waals surface area contributed by atoms with Gasteiger partial charge in [-0.2, -0.15) is 0 Å². The van der Waals surface area contributed by atoms with E-state index in [4.69, 9.17) is 4.74 Å². The summed E-state index contributed by atoms with van der Waals surface area (Å²) in [6.45, 7) is 4.82. The number of ether oxygens (including phenoxy) is 1. The van der Waals surface area contributed by atoms with Crippen molar-refractivity contribution in [2.45, 2.75) is 25.5 Å². The third-order valence-corrected chi connectivity index (χ3v) is 5.73. The van der Waals surface area contributed by atoms with Gasteiger partial charge in [-0.3, -0.25) is 4.79 Å². The van der Waals surface area contributed by atoms with Crippen molar-refractivity contribution in [2.24, 2.45) is 0 Å². The fraction of sp³-hybridized carbons (Fsp3) is 0.160. The maximum atomic E-state index is 12.5. The van der Waals surface area contributed by atoms with Gasteiger partial charge in [0.2, 0.25) is 5.91 Å². The number of thioether (sulfide) groups is 1. The Kier molecular flexibility index (Phi) is 6.87. The number of aryl methyl sites for hydroxylation is 1. The van der Waals surface area contributed by atoms with Gasteiger partial charge in [0.1, 0.15) is 11.5 Å². The minimum Gasteiger partial charge on any atom is -0.457 e. The Morgan fingerprint density at radius 2 is 1.72 bits per heavy atom. The zero-order valence-electron chi connectivity index (χ0n) is 18.0. The van der Waals surface area contributed by atoms with Crippen molar-refractivity contribution in [3.63, 3.8) is 0 Å². The second kappa shape index (κ2) is 10.2. The molecule has 0 spiro atoms. The summed E-state index contributed by atoms with van der Waals surface area (Å²) in [4.78, 5) is 12.5. The molecule has 162 valence electrons. The van der Waals surface area contributed by atoms with Crippen molar-refractivity contribution >= 4 is 23.4 Å². The molecule has 4 aromatic rings. The van der Waals surface area contributed by atoms with Gasteiger partial charge in [0.05, 0.1) is 5.75 Å². The molecule has 7 heteroatoms. The molecule has 32 heavy (non-hydrogen) atoms. The summed E-state index contributed by atoms with van der Waals surface area (Å²) in [6, 6.07) is 25.1. The average molecular weight is 445 g/mol. The van der Waals surface area contributed by atoms with Crippen molar-refractivity contribution in [3.05, 3.63) is 84.4 Å².